The molecule has 0 rings (SSSR count). The Balaban J connectivity index is 4.98. The van der Waals surface area contributed by atoms with Crippen molar-refractivity contribution in [3.63, 3.8) is 0 Å². The molecule has 0 radical (unpaired) electrons. The molecule has 12 N–H and O–H groups in total. The van der Waals surface area contributed by atoms with Gasteiger partial charge < -0.3 is 48.5 Å². The van der Waals surface area contributed by atoms with Gasteiger partial charge in [-0.15, -0.1) is 0 Å². The summed E-state index contributed by atoms with van der Waals surface area (Å²) in [6, 6.07) is -4.00. The molecule has 0 aromatic carbocycles. The summed E-state index contributed by atoms with van der Waals surface area (Å²) in [7, 11) is 0. The standard InChI is InChI=1S/C16H31N7O7/c1-7(24)11(14(29)21-6-10(26)27)23-15(30)12(8(2)25)22-13(28)9(17)4-3-5-20-16(18)19/h7-9,11-12,24-25H,3-6,17H2,1-2H3,(H,21,29)(H,22,28)(H,23,30)(H,26,27)(H4,18,19,20). The summed E-state index contributed by atoms with van der Waals surface area (Å²) in [6.45, 7) is 1.97. The van der Waals surface area contributed by atoms with Gasteiger partial charge in [0.2, 0.25) is 17.7 Å². The van der Waals surface area contributed by atoms with Crippen LogP contribution in [-0.4, -0.2) is 88.4 Å². The highest BCUT2D eigenvalue weighted by atomic mass is 16.4. The van der Waals surface area contributed by atoms with Gasteiger partial charge in [0.05, 0.1) is 18.2 Å². The minimum Gasteiger partial charge on any atom is -0.480 e. The molecule has 0 saturated carbocycles. The van der Waals surface area contributed by atoms with E-state index in [9.17, 15) is 29.4 Å². The molecule has 3 amide bonds. The minimum absolute atomic E-state index is 0.0982. The van der Waals surface area contributed by atoms with E-state index in [1.54, 1.807) is 0 Å². The molecule has 30 heavy (non-hydrogen) atoms. The summed E-state index contributed by atoms with van der Waals surface area (Å²) in [5, 5.41) is 34.7. The lowest BCUT2D eigenvalue weighted by Crippen LogP contribution is -2.61. The zero-order valence-corrected chi connectivity index (χ0v) is 16.9. The van der Waals surface area contributed by atoms with E-state index in [1.807, 2.05) is 5.32 Å². The fraction of sp³-hybridized carbons (Fsp3) is 0.688. The first kappa shape index (κ1) is 27.0. The van der Waals surface area contributed by atoms with Crippen molar-refractivity contribution in [1.82, 2.24) is 16.0 Å². The second-order valence-corrected chi connectivity index (χ2v) is 6.62. The lowest BCUT2D eigenvalue weighted by atomic mass is 10.1. The normalized spacial score (nSPS) is 15.6. The second kappa shape index (κ2) is 13.3. The van der Waals surface area contributed by atoms with Gasteiger partial charge in [-0.3, -0.25) is 24.2 Å². The largest absolute Gasteiger partial charge is 0.480 e. The average Bonchev–Trinajstić information content (AvgIpc) is 2.64. The van der Waals surface area contributed by atoms with E-state index in [2.05, 4.69) is 15.6 Å². The van der Waals surface area contributed by atoms with Crippen molar-refractivity contribution in [2.24, 2.45) is 22.2 Å². The predicted molar refractivity (Wildman–Crippen MR) is 106 cm³/mol. The summed E-state index contributed by atoms with van der Waals surface area (Å²) in [6.07, 6.45) is -2.15. The predicted octanol–water partition coefficient (Wildman–Crippen LogP) is -4.70. The molecule has 172 valence electrons. The highest BCUT2D eigenvalue weighted by Gasteiger charge is 2.32. The van der Waals surface area contributed by atoms with Crippen molar-refractivity contribution >= 4 is 29.7 Å². The first-order valence-corrected chi connectivity index (χ1v) is 9.14. The van der Waals surface area contributed by atoms with Gasteiger partial charge in [-0.2, -0.15) is 0 Å². The number of carboxylic acid groups (broad SMARTS) is 1. The molecule has 14 heteroatoms. The van der Waals surface area contributed by atoms with E-state index in [1.165, 1.54) is 13.8 Å². The Labute approximate surface area is 173 Å². The fourth-order valence-corrected chi connectivity index (χ4v) is 2.24. The second-order valence-electron chi connectivity index (χ2n) is 6.62. The number of nitrogens with one attached hydrogen (secondary N) is 3. The van der Waals surface area contributed by atoms with E-state index < -0.39 is 60.6 Å². The zero-order valence-electron chi connectivity index (χ0n) is 16.9. The number of rotatable bonds is 13. The lowest BCUT2D eigenvalue weighted by Gasteiger charge is -2.26. The van der Waals surface area contributed by atoms with Crippen LogP contribution in [0.4, 0.5) is 0 Å². The average molecular weight is 433 g/mol. The number of hydrogen-bond acceptors (Lipinski definition) is 8. The van der Waals surface area contributed by atoms with Crippen LogP contribution >= 0.6 is 0 Å². The van der Waals surface area contributed by atoms with Gasteiger partial charge in [0.25, 0.3) is 0 Å². The van der Waals surface area contributed by atoms with Crippen LogP contribution in [0.3, 0.4) is 0 Å². The van der Waals surface area contributed by atoms with E-state index >= 15 is 0 Å². The van der Waals surface area contributed by atoms with Gasteiger partial charge in [0, 0.05) is 6.54 Å². The van der Waals surface area contributed by atoms with Gasteiger partial charge in [-0.25, -0.2) is 0 Å². The van der Waals surface area contributed by atoms with Crippen molar-refractivity contribution in [1.29, 1.82) is 0 Å². The number of nitrogens with two attached hydrogens (primary N) is 3. The Bertz CT molecular complexity index is 635. The number of guanidine groups is 1. The van der Waals surface area contributed by atoms with E-state index in [0.29, 0.717) is 6.42 Å². The number of aliphatic carboxylic acids is 1. The van der Waals surface area contributed by atoms with Crippen molar-refractivity contribution in [2.45, 2.75) is 57.0 Å². The third-order valence-corrected chi connectivity index (χ3v) is 3.84. The van der Waals surface area contributed by atoms with E-state index in [4.69, 9.17) is 22.3 Å². The molecule has 0 heterocycles. The van der Waals surface area contributed by atoms with Crippen LogP contribution in [0.2, 0.25) is 0 Å². The maximum absolute atomic E-state index is 12.5. The molecule has 0 aliphatic heterocycles. The van der Waals surface area contributed by atoms with Gasteiger partial charge in [0.15, 0.2) is 5.96 Å². The Morgan fingerprint density at radius 2 is 1.43 bits per heavy atom. The number of carboxylic acids is 1. The number of aliphatic hydroxyl groups excluding tert-OH is 2. The smallest absolute Gasteiger partial charge is 0.322 e. The lowest BCUT2D eigenvalue weighted by molar-refractivity contribution is -0.139. The quantitative estimate of drug-likeness (QED) is 0.0761. The number of carbonyl (C=O) groups excluding carboxylic acids is 3. The first-order chi connectivity index (χ1) is 13.9. The Morgan fingerprint density at radius 1 is 0.933 bits per heavy atom. The highest BCUT2D eigenvalue weighted by molar-refractivity contribution is 5.94. The Kier molecular flexibility index (Phi) is 12.0. The van der Waals surface area contributed by atoms with Crippen LogP contribution < -0.4 is 33.2 Å². The number of amides is 3. The molecule has 0 bridgehead atoms. The molecular formula is C16H31N7O7. The fourth-order valence-electron chi connectivity index (χ4n) is 2.24. The molecule has 0 aromatic rings. The first-order valence-electron chi connectivity index (χ1n) is 9.14. The summed E-state index contributed by atoms with van der Waals surface area (Å²) in [5.74, 6) is -4.07. The number of hydrogen-bond donors (Lipinski definition) is 9. The maximum atomic E-state index is 12.5. The van der Waals surface area contributed by atoms with Crippen molar-refractivity contribution in [3.05, 3.63) is 0 Å². The van der Waals surface area contributed by atoms with Crippen molar-refractivity contribution < 1.29 is 34.5 Å². The summed E-state index contributed by atoms with van der Waals surface area (Å²) in [5.41, 5.74) is 16.1. The highest BCUT2D eigenvalue weighted by Crippen LogP contribution is 2.01. The zero-order chi connectivity index (χ0) is 23.4. The summed E-state index contributed by atoms with van der Waals surface area (Å²) in [4.78, 5) is 51.0. The number of aliphatic hydroxyl groups is 2. The molecule has 0 aromatic heterocycles. The van der Waals surface area contributed by atoms with E-state index in [0.717, 1.165) is 0 Å². The Hall–Kier alpha value is -2.97. The molecule has 14 nitrogen and oxygen atoms in total. The SMILES string of the molecule is CC(O)C(NC(=O)C(N)CCCN=C(N)N)C(=O)NC(C(=O)NCC(=O)O)C(C)O. The van der Waals surface area contributed by atoms with Gasteiger partial charge in [0.1, 0.15) is 18.6 Å². The van der Waals surface area contributed by atoms with Crippen LogP contribution in [0, 0.1) is 0 Å². The van der Waals surface area contributed by atoms with Gasteiger partial charge >= 0.3 is 5.97 Å². The molecular weight excluding hydrogens is 402 g/mol. The monoisotopic (exact) mass is 433 g/mol. The molecule has 0 spiro atoms. The molecule has 5 atom stereocenters. The van der Waals surface area contributed by atoms with Gasteiger partial charge in [-0.1, -0.05) is 0 Å². The van der Waals surface area contributed by atoms with Gasteiger partial charge in [-0.05, 0) is 26.7 Å². The van der Waals surface area contributed by atoms with Crippen LogP contribution in [0.5, 0.6) is 0 Å². The van der Waals surface area contributed by atoms with Crippen LogP contribution in [0.25, 0.3) is 0 Å². The number of aliphatic imine (C=N–C) groups is 1. The summed E-state index contributed by atoms with van der Waals surface area (Å²) < 4.78 is 0. The van der Waals surface area contributed by atoms with E-state index in [-0.39, 0.29) is 18.9 Å². The van der Waals surface area contributed by atoms with Crippen LogP contribution in [0.15, 0.2) is 4.99 Å². The third kappa shape index (κ3) is 10.5. The van der Waals surface area contributed by atoms with Crippen LogP contribution in [-0.2, 0) is 19.2 Å². The van der Waals surface area contributed by atoms with Crippen molar-refractivity contribution in [2.75, 3.05) is 13.1 Å². The Morgan fingerprint density at radius 3 is 1.90 bits per heavy atom. The van der Waals surface area contributed by atoms with Crippen LogP contribution in [0.1, 0.15) is 26.7 Å². The molecule has 0 saturated heterocycles. The number of carbonyl (C=O) groups is 4. The molecule has 0 aliphatic carbocycles. The van der Waals surface area contributed by atoms with Crippen molar-refractivity contribution in [3.8, 4) is 0 Å². The minimum atomic E-state index is -1.51. The topological polar surface area (TPSA) is 255 Å². The third-order valence-electron chi connectivity index (χ3n) is 3.84. The summed E-state index contributed by atoms with van der Waals surface area (Å²) >= 11 is 0. The maximum Gasteiger partial charge on any atom is 0.322 e. The number of nitrogens with zero attached hydrogens (tertiary/aromatic N) is 1. The molecule has 0 aliphatic rings. The molecule has 0 fully saturated rings. The molecule has 5 unspecified atom stereocenters.